The first-order valence-corrected chi connectivity index (χ1v) is 10.2. The normalized spacial score (nSPS) is 20.3. The summed E-state index contributed by atoms with van der Waals surface area (Å²) in [5.74, 6) is -2.34. The van der Waals surface area contributed by atoms with Crippen molar-refractivity contribution in [2.45, 2.75) is 31.7 Å². The third kappa shape index (κ3) is 3.22. The number of hydrogen-bond donors (Lipinski definition) is 3. The number of rotatable bonds is 5. The number of amides is 5. The Balaban J connectivity index is 1.52. The third-order valence-electron chi connectivity index (χ3n) is 5.42. The number of carbonyl (C=O) groups excluding carboxylic acids is 4. The van der Waals surface area contributed by atoms with Crippen molar-refractivity contribution in [2.75, 3.05) is 11.9 Å². The van der Waals surface area contributed by atoms with Gasteiger partial charge in [-0.3, -0.25) is 19.3 Å². The lowest BCUT2D eigenvalue weighted by Crippen LogP contribution is -2.42. The molecule has 4 rings (SSSR count). The molecule has 2 aromatic rings. The summed E-state index contributed by atoms with van der Waals surface area (Å²) in [6.07, 6.45) is 2.47. The fraction of sp³-hybridized carbons (Fsp3) is 0.300. The first-order chi connectivity index (χ1) is 14.2. The van der Waals surface area contributed by atoms with Crippen LogP contribution in [-0.4, -0.2) is 35.2 Å². The Hall–Kier alpha value is -3.27. The zero-order valence-electron chi connectivity index (χ0n) is 16.1. The molecule has 30 heavy (non-hydrogen) atoms. The van der Waals surface area contributed by atoms with Gasteiger partial charge in [0.15, 0.2) is 0 Å². The maximum absolute atomic E-state index is 13.2. The van der Waals surface area contributed by atoms with Gasteiger partial charge < -0.3 is 16.4 Å². The van der Waals surface area contributed by atoms with Crippen LogP contribution >= 0.6 is 11.3 Å². The molecule has 156 valence electrons. The molecule has 1 aliphatic carbocycles. The maximum Gasteiger partial charge on any atom is 0.325 e. The van der Waals surface area contributed by atoms with Gasteiger partial charge >= 0.3 is 6.03 Å². The Morgan fingerprint density at radius 2 is 1.97 bits per heavy atom. The number of nitrogens with zero attached hydrogens (tertiary/aromatic N) is 1. The van der Waals surface area contributed by atoms with Crippen LogP contribution in [0.5, 0.6) is 0 Å². The van der Waals surface area contributed by atoms with E-state index in [0.29, 0.717) is 16.1 Å². The molecule has 1 aromatic carbocycles. The second-order valence-corrected chi connectivity index (χ2v) is 8.53. The lowest BCUT2D eigenvalue weighted by molar-refractivity contribution is -0.133. The number of aryl methyl sites for hydroxylation is 1. The van der Waals surface area contributed by atoms with E-state index in [0.717, 1.165) is 34.6 Å². The Bertz CT molecular complexity index is 1080. The number of benzene rings is 1. The molecule has 1 aromatic heterocycles. The first-order valence-electron chi connectivity index (χ1n) is 9.35. The molecule has 0 saturated carbocycles. The van der Waals surface area contributed by atoms with Crippen LogP contribution in [-0.2, 0) is 28.0 Å². The largest absolute Gasteiger partial charge is 0.365 e. The average molecular weight is 430 g/mol. The predicted molar refractivity (Wildman–Crippen MR) is 107 cm³/mol. The van der Waals surface area contributed by atoms with Crippen molar-refractivity contribution in [3.8, 4) is 0 Å². The predicted octanol–water partition coefficient (Wildman–Crippen LogP) is 1.88. The number of anilines is 1. The van der Waals surface area contributed by atoms with E-state index in [1.165, 1.54) is 42.5 Å². The standard InChI is InChI=1S/C20H19FN4O4S/c1-20(10-5-7-11(21)8-6-10)18(28)25(19(29)24-20)9-14(26)23-17-15(16(22)27)12-3-2-4-13(12)30-17/h5-8H,2-4,9H2,1H3,(H2,22,27)(H,23,26)(H,24,29). The molecule has 2 aliphatic rings. The van der Waals surface area contributed by atoms with Gasteiger partial charge in [-0.25, -0.2) is 9.18 Å². The highest BCUT2D eigenvalue weighted by molar-refractivity contribution is 7.17. The molecular formula is C20H19FN4O4S. The van der Waals surface area contributed by atoms with Crippen molar-refractivity contribution in [3.63, 3.8) is 0 Å². The van der Waals surface area contributed by atoms with Crippen LogP contribution in [0, 0.1) is 5.82 Å². The third-order valence-corrected chi connectivity index (χ3v) is 6.63. The van der Waals surface area contributed by atoms with E-state index in [4.69, 9.17) is 5.73 Å². The van der Waals surface area contributed by atoms with Gasteiger partial charge in [-0.1, -0.05) is 12.1 Å². The van der Waals surface area contributed by atoms with Crippen LogP contribution in [0.1, 0.15) is 39.7 Å². The monoisotopic (exact) mass is 430 g/mol. The molecule has 4 N–H and O–H groups in total. The number of nitrogens with one attached hydrogen (secondary N) is 2. The molecule has 1 unspecified atom stereocenters. The number of imide groups is 1. The number of nitrogens with two attached hydrogens (primary N) is 1. The molecule has 1 fully saturated rings. The molecule has 1 atom stereocenters. The van der Waals surface area contributed by atoms with E-state index in [9.17, 15) is 23.6 Å². The maximum atomic E-state index is 13.2. The van der Waals surface area contributed by atoms with Gasteiger partial charge in [-0.15, -0.1) is 11.3 Å². The Labute approximate surface area is 175 Å². The fourth-order valence-corrected chi connectivity index (χ4v) is 5.19. The van der Waals surface area contributed by atoms with Crippen LogP contribution in [0.4, 0.5) is 14.2 Å². The smallest absolute Gasteiger partial charge is 0.325 e. The summed E-state index contributed by atoms with van der Waals surface area (Å²) < 4.78 is 13.2. The van der Waals surface area contributed by atoms with Gasteiger partial charge in [-0.05, 0) is 49.4 Å². The molecule has 1 aliphatic heterocycles. The van der Waals surface area contributed by atoms with E-state index in [1.807, 2.05) is 0 Å². The number of urea groups is 1. The minimum absolute atomic E-state index is 0.300. The SMILES string of the molecule is CC1(c2ccc(F)cc2)NC(=O)N(CC(=O)Nc2sc3c(c2C(N)=O)CCC3)C1=O. The fourth-order valence-electron chi connectivity index (χ4n) is 3.88. The number of fused-ring (bicyclic) bond motifs is 1. The Kier molecular flexibility index (Phi) is 4.81. The second-order valence-electron chi connectivity index (χ2n) is 7.43. The average Bonchev–Trinajstić information content (AvgIpc) is 3.31. The van der Waals surface area contributed by atoms with Crippen molar-refractivity contribution in [3.05, 3.63) is 51.7 Å². The van der Waals surface area contributed by atoms with Crippen molar-refractivity contribution in [2.24, 2.45) is 5.73 Å². The highest BCUT2D eigenvalue weighted by atomic mass is 32.1. The summed E-state index contributed by atoms with van der Waals surface area (Å²) in [5, 5.41) is 5.52. The van der Waals surface area contributed by atoms with Crippen LogP contribution in [0.15, 0.2) is 24.3 Å². The van der Waals surface area contributed by atoms with Gasteiger partial charge in [-0.2, -0.15) is 0 Å². The molecule has 2 heterocycles. The van der Waals surface area contributed by atoms with Gasteiger partial charge in [0.1, 0.15) is 22.9 Å². The molecular weight excluding hydrogens is 411 g/mol. The van der Waals surface area contributed by atoms with E-state index in [1.54, 1.807) is 0 Å². The summed E-state index contributed by atoms with van der Waals surface area (Å²) in [6.45, 7) is 0.968. The molecule has 10 heteroatoms. The van der Waals surface area contributed by atoms with E-state index in [2.05, 4.69) is 10.6 Å². The molecule has 1 saturated heterocycles. The molecule has 0 spiro atoms. The Morgan fingerprint density at radius 1 is 1.27 bits per heavy atom. The lowest BCUT2D eigenvalue weighted by atomic mass is 9.92. The zero-order chi connectivity index (χ0) is 21.6. The summed E-state index contributed by atoms with van der Waals surface area (Å²) in [5.41, 5.74) is 5.64. The van der Waals surface area contributed by atoms with Crippen LogP contribution in [0.3, 0.4) is 0 Å². The number of hydrogen-bond acceptors (Lipinski definition) is 5. The highest BCUT2D eigenvalue weighted by Gasteiger charge is 2.49. The van der Waals surface area contributed by atoms with Crippen molar-refractivity contribution < 1.29 is 23.6 Å². The van der Waals surface area contributed by atoms with Gasteiger partial charge in [0.2, 0.25) is 5.91 Å². The second kappa shape index (κ2) is 7.21. The highest BCUT2D eigenvalue weighted by Crippen LogP contribution is 2.39. The van der Waals surface area contributed by atoms with Gasteiger partial charge in [0.05, 0.1) is 5.56 Å². The quantitative estimate of drug-likeness (QED) is 0.627. The van der Waals surface area contributed by atoms with Gasteiger partial charge in [0.25, 0.3) is 11.8 Å². The zero-order valence-corrected chi connectivity index (χ0v) is 16.9. The van der Waals surface area contributed by atoms with E-state index >= 15 is 0 Å². The van der Waals surface area contributed by atoms with E-state index in [-0.39, 0.29) is 0 Å². The topological polar surface area (TPSA) is 122 Å². The first kappa shape index (κ1) is 20.0. The van der Waals surface area contributed by atoms with Crippen molar-refractivity contribution >= 4 is 40.1 Å². The van der Waals surface area contributed by atoms with Crippen molar-refractivity contribution in [1.82, 2.24) is 10.2 Å². The Morgan fingerprint density at radius 3 is 2.63 bits per heavy atom. The number of primary amides is 1. The summed E-state index contributed by atoms with van der Waals surface area (Å²) in [7, 11) is 0. The minimum Gasteiger partial charge on any atom is -0.365 e. The number of thiophene rings is 1. The summed E-state index contributed by atoms with van der Waals surface area (Å²) >= 11 is 1.29. The van der Waals surface area contributed by atoms with Gasteiger partial charge in [0, 0.05) is 4.88 Å². The van der Waals surface area contributed by atoms with E-state index < -0.39 is 41.7 Å². The summed E-state index contributed by atoms with van der Waals surface area (Å²) in [4.78, 5) is 51.5. The number of carbonyl (C=O) groups is 4. The number of halogens is 1. The summed E-state index contributed by atoms with van der Waals surface area (Å²) in [6, 6.07) is 4.46. The molecule has 0 radical (unpaired) electrons. The van der Waals surface area contributed by atoms with Crippen LogP contribution in [0.25, 0.3) is 0 Å². The lowest BCUT2D eigenvalue weighted by Gasteiger charge is -2.22. The van der Waals surface area contributed by atoms with Crippen LogP contribution < -0.4 is 16.4 Å². The van der Waals surface area contributed by atoms with Crippen molar-refractivity contribution in [1.29, 1.82) is 0 Å². The minimum atomic E-state index is -1.41. The van der Waals surface area contributed by atoms with Crippen LogP contribution in [0.2, 0.25) is 0 Å². The molecule has 0 bridgehead atoms. The molecule has 8 nitrogen and oxygen atoms in total. The molecule has 5 amide bonds.